The van der Waals surface area contributed by atoms with Gasteiger partial charge in [-0.05, 0) is 36.2 Å². The maximum absolute atomic E-state index is 14.4. The number of para-hydroxylation sites is 1. The molecule has 0 radical (unpaired) electrons. The Hall–Kier alpha value is -3.86. The lowest BCUT2D eigenvalue weighted by Crippen LogP contribution is -2.52. The van der Waals surface area contributed by atoms with Crippen LogP contribution in [-0.2, 0) is 11.2 Å². The quantitative estimate of drug-likeness (QED) is 0.509. The van der Waals surface area contributed by atoms with E-state index >= 15 is 0 Å². The van der Waals surface area contributed by atoms with E-state index in [-0.39, 0.29) is 31.3 Å². The second kappa shape index (κ2) is 12.1. The molecule has 10 nitrogen and oxygen atoms in total. The highest BCUT2D eigenvalue weighted by atomic mass is 19.1. The first-order valence-corrected chi connectivity index (χ1v) is 12.7. The van der Waals surface area contributed by atoms with Gasteiger partial charge in [0, 0.05) is 50.9 Å². The Morgan fingerprint density at radius 2 is 1.76 bits per heavy atom. The molecule has 38 heavy (non-hydrogen) atoms. The third-order valence-corrected chi connectivity index (χ3v) is 7.06. The molecule has 2 aliphatic rings. The van der Waals surface area contributed by atoms with E-state index in [0.29, 0.717) is 55.4 Å². The first kappa shape index (κ1) is 27.2. The fraction of sp³-hybridized carbons (Fsp3) is 0.444. The van der Waals surface area contributed by atoms with Crippen LogP contribution in [0.1, 0.15) is 17.5 Å². The topological polar surface area (TPSA) is 114 Å². The summed E-state index contributed by atoms with van der Waals surface area (Å²) in [6.45, 7) is 4.39. The van der Waals surface area contributed by atoms with Crippen molar-refractivity contribution in [3.8, 4) is 5.75 Å². The van der Waals surface area contributed by atoms with E-state index in [1.54, 1.807) is 23.1 Å². The summed E-state index contributed by atoms with van der Waals surface area (Å²) < 4.78 is 19.8. The van der Waals surface area contributed by atoms with Gasteiger partial charge in [0.25, 0.3) is 0 Å². The third kappa shape index (κ3) is 6.71. The molecule has 2 aromatic rings. The molecule has 2 aromatic carbocycles. The number of nitrogens with zero attached hydrogens (tertiary/aromatic N) is 3. The Morgan fingerprint density at radius 3 is 2.45 bits per heavy atom. The number of nitrogens with one attached hydrogen (secondary N) is 2. The number of hydrogen-bond donors (Lipinski definition) is 3. The fourth-order valence-electron chi connectivity index (χ4n) is 4.97. The minimum atomic E-state index is -1.09. The first-order chi connectivity index (χ1) is 18.2. The molecule has 2 fully saturated rings. The lowest BCUT2D eigenvalue weighted by Gasteiger charge is -2.36. The Kier molecular flexibility index (Phi) is 8.67. The van der Waals surface area contributed by atoms with E-state index in [1.165, 1.54) is 12.0 Å². The SMILES string of the molecule is COc1cc(CC(=O)N2C[C@@H](F)C[C@H]2CN2CCN(C(=O)O)CC2)ccc1NC(=O)Nc1ccccc1C. The maximum atomic E-state index is 14.4. The molecule has 0 spiro atoms. The molecule has 2 atom stereocenters. The van der Waals surface area contributed by atoms with Crippen molar-refractivity contribution in [3.05, 3.63) is 53.6 Å². The van der Waals surface area contributed by atoms with Crippen LogP contribution in [0, 0.1) is 6.92 Å². The minimum Gasteiger partial charge on any atom is -0.495 e. The van der Waals surface area contributed by atoms with Gasteiger partial charge in [0.05, 0.1) is 25.8 Å². The highest BCUT2D eigenvalue weighted by Crippen LogP contribution is 2.28. The van der Waals surface area contributed by atoms with Gasteiger partial charge < -0.3 is 30.3 Å². The van der Waals surface area contributed by atoms with Crippen molar-refractivity contribution in [2.75, 3.05) is 57.0 Å². The van der Waals surface area contributed by atoms with Gasteiger partial charge in [-0.2, -0.15) is 0 Å². The van der Waals surface area contributed by atoms with Gasteiger partial charge in [-0.25, -0.2) is 14.0 Å². The number of aryl methyl sites for hydroxylation is 1. The second-order valence-corrected chi connectivity index (χ2v) is 9.71. The van der Waals surface area contributed by atoms with Crippen LogP contribution in [0.5, 0.6) is 5.75 Å². The van der Waals surface area contributed by atoms with E-state index in [2.05, 4.69) is 15.5 Å². The molecule has 4 amide bonds. The van der Waals surface area contributed by atoms with E-state index in [0.717, 1.165) is 5.56 Å². The molecule has 4 rings (SSSR count). The van der Waals surface area contributed by atoms with Crippen LogP contribution in [0.4, 0.5) is 25.4 Å². The van der Waals surface area contributed by atoms with Crippen LogP contribution in [-0.4, -0.2) is 96.4 Å². The number of urea groups is 1. The molecular weight excluding hydrogens is 493 g/mol. The maximum Gasteiger partial charge on any atom is 0.407 e. The number of rotatable bonds is 7. The average Bonchev–Trinajstić information content (AvgIpc) is 3.26. The molecule has 0 saturated carbocycles. The van der Waals surface area contributed by atoms with Crippen molar-refractivity contribution in [1.82, 2.24) is 14.7 Å². The third-order valence-electron chi connectivity index (χ3n) is 7.06. The molecule has 204 valence electrons. The summed E-state index contributed by atoms with van der Waals surface area (Å²) in [7, 11) is 1.49. The molecule has 2 saturated heterocycles. The van der Waals surface area contributed by atoms with Crippen molar-refractivity contribution in [1.29, 1.82) is 0 Å². The first-order valence-electron chi connectivity index (χ1n) is 12.7. The van der Waals surface area contributed by atoms with Crippen LogP contribution in [0.15, 0.2) is 42.5 Å². The summed E-state index contributed by atoms with van der Waals surface area (Å²) in [4.78, 5) is 41.9. The van der Waals surface area contributed by atoms with E-state index < -0.39 is 18.3 Å². The van der Waals surface area contributed by atoms with Gasteiger partial charge in [-0.15, -0.1) is 0 Å². The van der Waals surface area contributed by atoms with Crippen molar-refractivity contribution in [2.45, 2.75) is 32.0 Å². The highest BCUT2D eigenvalue weighted by molar-refractivity contribution is 6.01. The van der Waals surface area contributed by atoms with Crippen LogP contribution in [0.3, 0.4) is 0 Å². The number of halogens is 1. The van der Waals surface area contributed by atoms with E-state index in [1.807, 2.05) is 31.2 Å². The predicted molar refractivity (Wildman–Crippen MR) is 142 cm³/mol. The fourth-order valence-corrected chi connectivity index (χ4v) is 4.97. The van der Waals surface area contributed by atoms with Crippen molar-refractivity contribution in [3.63, 3.8) is 0 Å². The molecule has 0 aliphatic carbocycles. The van der Waals surface area contributed by atoms with Gasteiger partial charge in [0.1, 0.15) is 11.9 Å². The summed E-state index contributed by atoms with van der Waals surface area (Å²) in [5.74, 6) is 0.229. The number of amides is 4. The predicted octanol–water partition coefficient (Wildman–Crippen LogP) is 3.42. The van der Waals surface area contributed by atoms with Gasteiger partial charge in [0.2, 0.25) is 5.91 Å². The number of hydrogen-bond acceptors (Lipinski definition) is 5. The van der Waals surface area contributed by atoms with Crippen molar-refractivity contribution >= 4 is 29.4 Å². The number of ether oxygens (including phenoxy) is 1. The standard InChI is InChI=1S/C27H34FN5O5/c1-18-5-3-4-6-22(18)29-26(35)30-23-8-7-19(13-24(23)38-2)14-25(34)33-16-20(28)15-21(33)17-31-9-11-32(12-10-31)27(36)37/h3-8,13,20-21H,9-12,14-17H2,1-2H3,(H,36,37)(H2,29,30,35)/t20-,21-/m0/s1. The highest BCUT2D eigenvalue weighted by Gasteiger charge is 2.36. The number of methoxy groups -OCH3 is 1. The Balaban J connectivity index is 1.36. The average molecular weight is 528 g/mol. The molecule has 11 heteroatoms. The van der Waals surface area contributed by atoms with Gasteiger partial charge in [-0.3, -0.25) is 9.69 Å². The van der Waals surface area contributed by atoms with Crippen LogP contribution in [0.25, 0.3) is 0 Å². The van der Waals surface area contributed by atoms with Crippen LogP contribution in [0.2, 0.25) is 0 Å². The molecule has 2 heterocycles. The van der Waals surface area contributed by atoms with Crippen molar-refractivity contribution < 1.29 is 28.6 Å². The largest absolute Gasteiger partial charge is 0.495 e. The zero-order chi connectivity index (χ0) is 27.2. The Bertz CT molecular complexity index is 1170. The number of anilines is 2. The lowest BCUT2D eigenvalue weighted by atomic mass is 10.1. The van der Waals surface area contributed by atoms with Gasteiger partial charge in [0.15, 0.2) is 0 Å². The summed E-state index contributed by atoms with van der Waals surface area (Å²) in [5, 5.41) is 14.7. The zero-order valence-electron chi connectivity index (χ0n) is 21.7. The summed E-state index contributed by atoms with van der Waals surface area (Å²) in [6.07, 6.45) is -1.68. The minimum absolute atomic E-state index is 0.0500. The number of carboxylic acid groups (broad SMARTS) is 1. The van der Waals surface area contributed by atoms with Crippen molar-refractivity contribution in [2.24, 2.45) is 0 Å². The molecule has 0 aromatic heterocycles. The Morgan fingerprint density at radius 1 is 1.05 bits per heavy atom. The molecule has 3 N–H and O–H groups in total. The number of likely N-dealkylation sites (tertiary alicyclic amines) is 1. The normalized spacial score (nSPS) is 19.8. The molecular formula is C27H34FN5O5. The van der Waals surface area contributed by atoms with Crippen LogP contribution >= 0.6 is 0 Å². The summed E-state index contributed by atoms with van der Waals surface area (Å²) in [5.41, 5.74) is 2.77. The summed E-state index contributed by atoms with van der Waals surface area (Å²) in [6, 6.07) is 11.9. The number of benzene rings is 2. The van der Waals surface area contributed by atoms with Gasteiger partial charge >= 0.3 is 12.1 Å². The molecule has 2 aliphatic heterocycles. The van der Waals surface area contributed by atoms with E-state index in [9.17, 15) is 18.8 Å². The molecule has 0 bridgehead atoms. The second-order valence-electron chi connectivity index (χ2n) is 9.71. The monoisotopic (exact) mass is 527 g/mol. The lowest BCUT2D eigenvalue weighted by molar-refractivity contribution is -0.131. The zero-order valence-corrected chi connectivity index (χ0v) is 21.7. The number of piperazine rings is 1. The number of carbonyl (C=O) groups excluding carboxylic acids is 2. The molecule has 0 unspecified atom stereocenters. The van der Waals surface area contributed by atoms with Crippen LogP contribution < -0.4 is 15.4 Å². The number of carbonyl (C=O) groups is 3. The van der Waals surface area contributed by atoms with Gasteiger partial charge in [-0.1, -0.05) is 24.3 Å². The summed E-state index contributed by atoms with van der Waals surface area (Å²) >= 11 is 0. The smallest absolute Gasteiger partial charge is 0.407 e. The van der Waals surface area contributed by atoms with E-state index in [4.69, 9.17) is 9.84 Å². The number of alkyl halides is 1. The Labute approximate surface area is 221 Å².